The SMILES string of the molecule is FC(F)(F)CN1C[CH-]C1.O=CO.[Na+]. The molecule has 0 spiro atoms. The van der Waals surface area contributed by atoms with Crippen LogP contribution in [-0.4, -0.2) is 42.3 Å². The maximum Gasteiger partial charge on any atom is 1.00 e. The summed E-state index contributed by atoms with van der Waals surface area (Å²) in [5.74, 6) is 0. The maximum absolute atomic E-state index is 11.5. The molecule has 0 bridgehead atoms. The van der Waals surface area contributed by atoms with Crippen molar-refractivity contribution in [3.8, 4) is 0 Å². The van der Waals surface area contributed by atoms with Gasteiger partial charge in [-0.2, -0.15) is 13.2 Å². The standard InChI is InChI=1S/C5H7F3N.CH2O2.Na/c6-5(7,8)4-9-2-1-3-9;2-1-3;/h1H,2-4H2;1H,(H,2,3);/q-1;;+1. The van der Waals surface area contributed by atoms with Gasteiger partial charge in [0.05, 0.1) is 6.54 Å². The van der Waals surface area contributed by atoms with Gasteiger partial charge in [-0.25, -0.2) is 0 Å². The fourth-order valence-corrected chi connectivity index (χ4v) is 0.694. The van der Waals surface area contributed by atoms with Gasteiger partial charge in [0.15, 0.2) is 0 Å². The van der Waals surface area contributed by atoms with E-state index in [2.05, 4.69) is 0 Å². The molecule has 0 atom stereocenters. The van der Waals surface area contributed by atoms with E-state index in [1.165, 1.54) is 4.90 Å². The van der Waals surface area contributed by atoms with Gasteiger partial charge < -0.3 is 16.4 Å². The predicted octanol–water partition coefficient (Wildman–Crippen LogP) is -2.23. The fourth-order valence-electron chi connectivity index (χ4n) is 0.694. The van der Waals surface area contributed by atoms with Crippen LogP contribution in [0.1, 0.15) is 0 Å². The van der Waals surface area contributed by atoms with Crippen LogP contribution in [0.3, 0.4) is 0 Å². The van der Waals surface area contributed by atoms with E-state index < -0.39 is 12.7 Å². The molecule has 0 aliphatic carbocycles. The second-order valence-corrected chi connectivity index (χ2v) is 2.20. The van der Waals surface area contributed by atoms with Crippen molar-refractivity contribution in [2.75, 3.05) is 19.6 Å². The topological polar surface area (TPSA) is 40.5 Å². The summed E-state index contributed by atoms with van der Waals surface area (Å²) in [4.78, 5) is 9.69. The van der Waals surface area contributed by atoms with E-state index in [1.807, 2.05) is 6.42 Å². The van der Waals surface area contributed by atoms with Gasteiger partial charge in [0.1, 0.15) is 0 Å². The fraction of sp³-hybridized carbons (Fsp3) is 0.667. The van der Waals surface area contributed by atoms with Gasteiger partial charge in [-0.15, -0.1) is 13.1 Å². The van der Waals surface area contributed by atoms with Gasteiger partial charge in [0.25, 0.3) is 6.47 Å². The third-order valence-corrected chi connectivity index (χ3v) is 1.18. The average Bonchev–Trinajstić information content (AvgIpc) is 1.79. The number of nitrogens with zero attached hydrogens (tertiary/aromatic N) is 1. The van der Waals surface area contributed by atoms with Crippen LogP contribution >= 0.6 is 0 Å². The van der Waals surface area contributed by atoms with E-state index in [9.17, 15) is 13.2 Å². The minimum Gasteiger partial charge on any atom is -0.483 e. The molecule has 0 aromatic rings. The Morgan fingerprint density at radius 1 is 1.46 bits per heavy atom. The molecule has 1 saturated heterocycles. The predicted molar refractivity (Wildman–Crippen MR) is 35.5 cm³/mol. The molecule has 7 heteroatoms. The van der Waals surface area contributed by atoms with Crippen molar-refractivity contribution < 1.29 is 52.6 Å². The molecule has 0 aromatic carbocycles. The largest absolute Gasteiger partial charge is 1.00 e. The Balaban J connectivity index is 0. The maximum atomic E-state index is 11.5. The quantitative estimate of drug-likeness (QED) is 0.300. The van der Waals surface area contributed by atoms with Crippen LogP contribution in [0.2, 0.25) is 0 Å². The first-order chi connectivity index (χ1) is 5.49. The molecule has 13 heavy (non-hydrogen) atoms. The molecule has 3 nitrogen and oxygen atoms in total. The Bertz CT molecular complexity index is 138. The molecule has 72 valence electrons. The van der Waals surface area contributed by atoms with E-state index >= 15 is 0 Å². The first kappa shape index (κ1) is 15.7. The molecular formula is C6H9F3NNaO2. The number of carbonyl (C=O) groups is 1. The van der Waals surface area contributed by atoms with Crippen molar-refractivity contribution in [3.05, 3.63) is 6.42 Å². The molecule has 0 amide bonds. The zero-order chi connectivity index (χ0) is 9.61. The molecule has 0 aromatic heterocycles. The molecule has 1 aliphatic rings. The molecule has 1 fully saturated rings. The van der Waals surface area contributed by atoms with Crippen molar-refractivity contribution in [2.45, 2.75) is 6.18 Å². The summed E-state index contributed by atoms with van der Waals surface area (Å²) in [5.41, 5.74) is 0. The van der Waals surface area contributed by atoms with E-state index in [1.54, 1.807) is 0 Å². The smallest absolute Gasteiger partial charge is 0.483 e. The Kier molecular flexibility index (Phi) is 9.18. The Morgan fingerprint density at radius 2 is 1.85 bits per heavy atom. The van der Waals surface area contributed by atoms with E-state index in [-0.39, 0.29) is 36.0 Å². The number of hydrogen-bond donors (Lipinski definition) is 1. The normalized spacial score (nSPS) is 15.9. The van der Waals surface area contributed by atoms with Crippen molar-refractivity contribution in [1.29, 1.82) is 0 Å². The third kappa shape index (κ3) is 10.1. The van der Waals surface area contributed by atoms with Crippen molar-refractivity contribution in [1.82, 2.24) is 4.90 Å². The Morgan fingerprint density at radius 3 is 1.92 bits per heavy atom. The number of rotatable bonds is 1. The summed E-state index contributed by atoms with van der Waals surface area (Å²) < 4.78 is 34.4. The first-order valence-electron chi connectivity index (χ1n) is 3.18. The number of halogens is 3. The van der Waals surface area contributed by atoms with E-state index in [0.717, 1.165) is 0 Å². The Hall–Kier alpha value is 0.220. The van der Waals surface area contributed by atoms with Gasteiger partial charge in [0.2, 0.25) is 0 Å². The van der Waals surface area contributed by atoms with Crippen LogP contribution in [0, 0.1) is 6.42 Å². The van der Waals surface area contributed by atoms with Gasteiger partial charge in [-0.1, -0.05) is 0 Å². The van der Waals surface area contributed by atoms with Crippen LogP contribution in [0.15, 0.2) is 0 Å². The Labute approximate surface area is 96.2 Å². The van der Waals surface area contributed by atoms with Gasteiger partial charge in [-0.05, 0) is 0 Å². The first-order valence-corrected chi connectivity index (χ1v) is 3.18. The van der Waals surface area contributed by atoms with Crippen molar-refractivity contribution >= 4 is 6.47 Å². The molecular weight excluding hydrogens is 198 g/mol. The molecule has 0 radical (unpaired) electrons. The summed E-state index contributed by atoms with van der Waals surface area (Å²) in [7, 11) is 0. The summed E-state index contributed by atoms with van der Waals surface area (Å²) in [6, 6.07) is 0. The molecule has 1 N–H and O–H groups in total. The second kappa shape index (κ2) is 7.61. The van der Waals surface area contributed by atoms with Crippen LogP contribution in [0.25, 0.3) is 0 Å². The number of likely N-dealkylation sites (tertiary alicyclic amines) is 1. The summed E-state index contributed by atoms with van der Waals surface area (Å²) >= 11 is 0. The van der Waals surface area contributed by atoms with Gasteiger partial charge in [0, 0.05) is 0 Å². The third-order valence-electron chi connectivity index (χ3n) is 1.18. The minimum absolute atomic E-state index is 0. The van der Waals surface area contributed by atoms with Crippen molar-refractivity contribution in [3.63, 3.8) is 0 Å². The monoisotopic (exact) mass is 207 g/mol. The summed E-state index contributed by atoms with van der Waals surface area (Å²) in [6.07, 6.45) is -2.21. The van der Waals surface area contributed by atoms with E-state index in [0.29, 0.717) is 13.1 Å². The van der Waals surface area contributed by atoms with Crippen LogP contribution in [0.4, 0.5) is 13.2 Å². The molecule has 1 rings (SSSR count). The average molecular weight is 207 g/mol. The molecule has 0 unspecified atom stereocenters. The summed E-state index contributed by atoms with van der Waals surface area (Å²) in [5, 5.41) is 6.89. The summed E-state index contributed by atoms with van der Waals surface area (Å²) in [6.45, 7) is -0.0392. The van der Waals surface area contributed by atoms with Crippen molar-refractivity contribution in [2.24, 2.45) is 0 Å². The number of alkyl halides is 3. The van der Waals surface area contributed by atoms with Crippen LogP contribution in [-0.2, 0) is 4.79 Å². The van der Waals surface area contributed by atoms with Gasteiger partial charge in [-0.3, -0.25) is 4.79 Å². The molecule has 0 saturated carbocycles. The zero-order valence-corrected chi connectivity index (χ0v) is 9.21. The van der Waals surface area contributed by atoms with Crippen LogP contribution in [0.5, 0.6) is 0 Å². The molecule has 1 heterocycles. The minimum atomic E-state index is -4.02. The van der Waals surface area contributed by atoms with Crippen LogP contribution < -0.4 is 29.6 Å². The van der Waals surface area contributed by atoms with E-state index in [4.69, 9.17) is 9.90 Å². The zero-order valence-electron chi connectivity index (χ0n) is 7.21. The van der Waals surface area contributed by atoms with Gasteiger partial charge >= 0.3 is 35.7 Å². The second-order valence-electron chi connectivity index (χ2n) is 2.20. The number of hydrogen-bond acceptors (Lipinski definition) is 2. The molecule has 1 aliphatic heterocycles. The number of carboxylic acid groups (broad SMARTS) is 1.